The molecule has 1 atom stereocenters. The van der Waals surface area contributed by atoms with Crippen LogP contribution in [0.25, 0.3) is 0 Å². The second-order valence-corrected chi connectivity index (χ2v) is 6.41. The molecule has 1 unspecified atom stereocenters. The number of hydrogen-bond acceptors (Lipinski definition) is 3. The third kappa shape index (κ3) is 2.62. The van der Waals surface area contributed by atoms with Crippen LogP contribution < -0.4 is 10.2 Å². The van der Waals surface area contributed by atoms with Gasteiger partial charge in [0.1, 0.15) is 6.04 Å². The number of amides is 1. The molecule has 0 saturated carbocycles. The number of halogens is 1. The number of benzene rings is 1. The van der Waals surface area contributed by atoms with E-state index in [0.717, 1.165) is 15.7 Å². The van der Waals surface area contributed by atoms with Crippen LogP contribution in [0.2, 0.25) is 0 Å². The molecule has 4 nitrogen and oxygen atoms in total. The molecule has 1 aromatic carbocycles. The Kier molecular flexibility index (Phi) is 3.87. The molecule has 0 radical (unpaired) electrons. The number of rotatable bonds is 2. The first-order valence-electron chi connectivity index (χ1n) is 6.31. The Hall–Kier alpha value is -1.07. The predicted octanol–water partition coefficient (Wildman–Crippen LogP) is 1.83. The fraction of sp³-hybridized carbons (Fsp3) is 0.500. The largest absolute Gasteiger partial charge is 0.394 e. The molecule has 1 aromatic rings. The maximum absolute atomic E-state index is 11.9. The lowest BCUT2D eigenvalue weighted by molar-refractivity contribution is -0.125. The van der Waals surface area contributed by atoms with E-state index >= 15 is 0 Å². The molecule has 1 aliphatic heterocycles. The van der Waals surface area contributed by atoms with Crippen LogP contribution in [0.15, 0.2) is 22.7 Å². The first-order valence-corrected chi connectivity index (χ1v) is 7.10. The Morgan fingerprint density at radius 1 is 1.53 bits per heavy atom. The van der Waals surface area contributed by atoms with Crippen LogP contribution in [0.4, 0.5) is 5.69 Å². The lowest BCUT2D eigenvalue weighted by atomic mass is 9.94. The summed E-state index contributed by atoms with van der Waals surface area (Å²) in [7, 11) is 0. The Balaban J connectivity index is 2.50. The lowest BCUT2D eigenvalue weighted by Gasteiger charge is -2.48. The molecule has 0 aliphatic carbocycles. The van der Waals surface area contributed by atoms with Gasteiger partial charge in [0.2, 0.25) is 5.91 Å². The number of aliphatic hydroxyl groups is 1. The number of nitrogens with one attached hydrogen (secondary N) is 1. The van der Waals surface area contributed by atoms with E-state index in [0.29, 0.717) is 6.54 Å². The SMILES string of the molecule is Cc1ccc(N2C(CO)C(=O)NCC2(C)C)c(Br)c1. The predicted molar refractivity (Wildman–Crippen MR) is 79.3 cm³/mol. The van der Waals surface area contributed by atoms with Crippen molar-refractivity contribution in [1.82, 2.24) is 5.32 Å². The Morgan fingerprint density at radius 2 is 2.21 bits per heavy atom. The number of aliphatic hydroxyl groups excluding tert-OH is 1. The minimum atomic E-state index is -0.553. The molecule has 1 aliphatic rings. The van der Waals surface area contributed by atoms with Gasteiger partial charge in [0.05, 0.1) is 17.8 Å². The monoisotopic (exact) mass is 326 g/mol. The highest BCUT2D eigenvalue weighted by molar-refractivity contribution is 9.10. The van der Waals surface area contributed by atoms with Gasteiger partial charge in [-0.1, -0.05) is 6.07 Å². The summed E-state index contributed by atoms with van der Waals surface area (Å²) >= 11 is 3.56. The molecular formula is C14H19BrN2O2. The van der Waals surface area contributed by atoms with Gasteiger partial charge in [0.15, 0.2) is 0 Å². The highest BCUT2D eigenvalue weighted by atomic mass is 79.9. The molecule has 1 saturated heterocycles. The smallest absolute Gasteiger partial charge is 0.245 e. The minimum absolute atomic E-state index is 0.130. The maximum atomic E-state index is 11.9. The molecule has 1 heterocycles. The Morgan fingerprint density at radius 3 is 2.79 bits per heavy atom. The zero-order valence-corrected chi connectivity index (χ0v) is 13.0. The zero-order valence-electron chi connectivity index (χ0n) is 11.4. The quantitative estimate of drug-likeness (QED) is 0.871. The van der Waals surface area contributed by atoms with Gasteiger partial charge in [-0.2, -0.15) is 0 Å². The van der Waals surface area contributed by atoms with Crippen molar-refractivity contribution in [3.05, 3.63) is 28.2 Å². The summed E-state index contributed by atoms with van der Waals surface area (Å²) in [5.74, 6) is -0.130. The van der Waals surface area contributed by atoms with Crippen molar-refractivity contribution in [2.45, 2.75) is 32.4 Å². The number of nitrogens with zero attached hydrogens (tertiary/aromatic N) is 1. The highest BCUT2D eigenvalue weighted by Gasteiger charge is 2.41. The summed E-state index contributed by atoms with van der Waals surface area (Å²) in [6.45, 7) is 6.49. The van der Waals surface area contributed by atoms with Crippen molar-refractivity contribution in [2.75, 3.05) is 18.1 Å². The standard InChI is InChI=1S/C14H19BrN2O2/c1-9-4-5-11(10(15)6-9)17-12(7-18)13(19)16-8-14(17,2)3/h4-6,12,18H,7-8H2,1-3H3,(H,16,19). The third-order valence-corrected chi connectivity index (χ3v) is 4.13. The minimum Gasteiger partial charge on any atom is -0.394 e. The van der Waals surface area contributed by atoms with E-state index in [1.807, 2.05) is 30.0 Å². The van der Waals surface area contributed by atoms with Gasteiger partial charge in [-0.05, 0) is 54.4 Å². The number of carbonyl (C=O) groups is 1. The molecule has 19 heavy (non-hydrogen) atoms. The summed E-state index contributed by atoms with van der Waals surface area (Å²) in [5, 5.41) is 12.4. The summed E-state index contributed by atoms with van der Waals surface area (Å²) in [6.07, 6.45) is 0. The van der Waals surface area contributed by atoms with Crippen molar-refractivity contribution >= 4 is 27.5 Å². The number of hydrogen-bond donors (Lipinski definition) is 2. The normalized spacial score (nSPS) is 22.3. The second-order valence-electron chi connectivity index (χ2n) is 5.55. The summed E-state index contributed by atoms with van der Waals surface area (Å²) in [4.78, 5) is 13.9. The van der Waals surface area contributed by atoms with Crippen molar-refractivity contribution in [2.24, 2.45) is 0 Å². The van der Waals surface area contributed by atoms with Gasteiger partial charge in [-0.3, -0.25) is 4.79 Å². The maximum Gasteiger partial charge on any atom is 0.245 e. The van der Waals surface area contributed by atoms with Crippen LogP contribution in [-0.2, 0) is 4.79 Å². The van der Waals surface area contributed by atoms with E-state index in [1.54, 1.807) is 0 Å². The number of piperazine rings is 1. The van der Waals surface area contributed by atoms with Gasteiger partial charge < -0.3 is 15.3 Å². The summed E-state index contributed by atoms with van der Waals surface area (Å²) in [6, 6.07) is 5.47. The molecular weight excluding hydrogens is 308 g/mol. The molecule has 1 amide bonds. The van der Waals surface area contributed by atoms with E-state index in [4.69, 9.17) is 0 Å². The van der Waals surface area contributed by atoms with Gasteiger partial charge in [-0.25, -0.2) is 0 Å². The average Bonchev–Trinajstić information content (AvgIpc) is 2.33. The fourth-order valence-electron chi connectivity index (χ4n) is 2.51. The molecule has 0 aromatic heterocycles. The first-order chi connectivity index (χ1) is 8.86. The highest BCUT2D eigenvalue weighted by Crippen LogP contribution is 2.35. The fourth-order valence-corrected chi connectivity index (χ4v) is 3.20. The molecule has 5 heteroatoms. The van der Waals surface area contributed by atoms with Crippen LogP contribution in [0.3, 0.4) is 0 Å². The number of anilines is 1. The van der Waals surface area contributed by atoms with Crippen molar-refractivity contribution < 1.29 is 9.90 Å². The molecule has 0 spiro atoms. The van der Waals surface area contributed by atoms with Crippen molar-refractivity contribution in [3.63, 3.8) is 0 Å². The number of carbonyl (C=O) groups excluding carboxylic acids is 1. The van der Waals surface area contributed by atoms with E-state index in [-0.39, 0.29) is 18.1 Å². The topological polar surface area (TPSA) is 52.6 Å². The van der Waals surface area contributed by atoms with E-state index in [1.165, 1.54) is 0 Å². The number of aryl methyl sites for hydroxylation is 1. The summed E-state index contributed by atoms with van der Waals surface area (Å²) in [5.41, 5.74) is 1.83. The summed E-state index contributed by atoms with van der Waals surface area (Å²) < 4.78 is 0.939. The van der Waals surface area contributed by atoms with Crippen molar-refractivity contribution in [1.29, 1.82) is 0 Å². The molecule has 2 N–H and O–H groups in total. The van der Waals surface area contributed by atoms with Crippen LogP contribution in [0.1, 0.15) is 19.4 Å². The van der Waals surface area contributed by atoms with Gasteiger partial charge in [0.25, 0.3) is 0 Å². The van der Waals surface area contributed by atoms with E-state index in [2.05, 4.69) is 35.1 Å². The van der Waals surface area contributed by atoms with Crippen LogP contribution in [-0.4, -0.2) is 35.7 Å². The third-order valence-electron chi connectivity index (χ3n) is 3.50. The van der Waals surface area contributed by atoms with Crippen LogP contribution in [0, 0.1) is 6.92 Å². The second kappa shape index (κ2) is 5.13. The molecule has 2 rings (SSSR count). The van der Waals surface area contributed by atoms with E-state index < -0.39 is 6.04 Å². The zero-order chi connectivity index (χ0) is 14.2. The molecule has 0 bridgehead atoms. The molecule has 1 fully saturated rings. The average molecular weight is 327 g/mol. The van der Waals surface area contributed by atoms with Gasteiger partial charge in [-0.15, -0.1) is 0 Å². The first kappa shape index (κ1) is 14.3. The van der Waals surface area contributed by atoms with E-state index in [9.17, 15) is 9.90 Å². The Labute approximate surface area is 121 Å². The molecule has 104 valence electrons. The Bertz CT molecular complexity index is 502. The van der Waals surface area contributed by atoms with Gasteiger partial charge >= 0.3 is 0 Å². The van der Waals surface area contributed by atoms with Crippen molar-refractivity contribution in [3.8, 4) is 0 Å². The van der Waals surface area contributed by atoms with Crippen LogP contribution in [0.5, 0.6) is 0 Å². The van der Waals surface area contributed by atoms with Gasteiger partial charge in [0, 0.05) is 11.0 Å². The van der Waals surface area contributed by atoms with Crippen LogP contribution >= 0.6 is 15.9 Å². The lowest BCUT2D eigenvalue weighted by Crippen LogP contribution is -2.67.